The highest BCUT2D eigenvalue weighted by Gasteiger charge is 2.22. The Balaban J connectivity index is 1.28. The van der Waals surface area contributed by atoms with Gasteiger partial charge in [0.1, 0.15) is 5.71 Å². The molecule has 8 heteroatoms. The van der Waals surface area contributed by atoms with Crippen LogP contribution in [0.2, 0.25) is 0 Å². The number of anilines is 2. The molecule has 2 unspecified atom stereocenters. The van der Waals surface area contributed by atoms with Gasteiger partial charge in [-0.3, -0.25) is 9.79 Å². The van der Waals surface area contributed by atoms with E-state index < -0.39 is 0 Å². The van der Waals surface area contributed by atoms with Crippen LogP contribution in [-0.4, -0.2) is 73.3 Å². The largest absolute Gasteiger partial charge is 0.397 e. The molecule has 2 heterocycles. The number of aliphatic imine (C=N–C) groups is 1. The van der Waals surface area contributed by atoms with Crippen LogP contribution in [0.4, 0.5) is 16.2 Å². The number of rotatable bonds is 11. The molecule has 0 bridgehead atoms. The summed E-state index contributed by atoms with van der Waals surface area (Å²) in [7, 11) is 0. The highest BCUT2D eigenvalue weighted by Crippen LogP contribution is 2.19. The zero-order valence-corrected chi connectivity index (χ0v) is 23.2. The molecular formula is C31H44N6O2. The summed E-state index contributed by atoms with van der Waals surface area (Å²) in [6, 6.07) is 7.16. The third kappa shape index (κ3) is 9.10. The number of nitrogen functional groups attached to an aromatic ring is 1. The molecular weight excluding hydrogens is 488 g/mol. The van der Waals surface area contributed by atoms with Crippen LogP contribution in [0, 0.1) is 17.8 Å². The number of dihydropyridines is 1. The van der Waals surface area contributed by atoms with Crippen LogP contribution in [-0.2, 0) is 4.79 Å². The summed E-state index contributed by atoms with van der Waals surface area (Å²) in [5.41, 5.74) is 7.41. The van der Waals surface area contributed by atoms with Crippen LogP contribution in [0.5, 0.6) is 0 Å². The van der Waals surface area contributed by atoms with E-state index in [1.54, 1.807) is 18.2 Å². The molecule has 0 radical (unpaired) electrons. The number of carbonyl (C=O) groups excluding carboxylic acids is 2. The Labute approximate surface area is 233 Å². The van der Waals surface area contributed by atoms with E-state index in [1.807, 2.05) is 23.1 Å². The number of hydrogen-bond donors (Lipinski definition) is 3. The number of amides is 3. The molecule has 2 atom stereocenters. The number of nitrogens with one attached hydrogen (secondary N) is 2. The summed E-state index contributed by atoms with van der Waals surface area (Å²) < 4.78 is 0. The van der Waals surface area contributed by atoms with Gasteiger partial charge >= 0.3 is 6.03 Å². The van der Waals surface area contributed by atoms with Crippen LogP contribution in [0.1, 0.15) is 39.0 Å². The Hall–Kier alpha value is -3.39. The van der Waals surface area contributed by atoms with Gasteiger partial charge in [-0.1, -0.05) is 49.4 Å². The Kier molecular flexibility index (Phi) is 10.8. The van der Waals surface area contributed by atoms with Gasteiger partial charge in [0.25, 0.3) is 5.91 Å². The Morgan fingerprint density at radius 1 is 1.13 bits per heavy atom. The number of likely N-dealkylation sites (tertiary alicyclic amines) is 1. The van der Waals surface area contributed by atoms with Crippen molar-refractivity contribution >= 4 is 29.0 Å². The van der Waals surface area contributed by atoms with Crippen molar-refractivity contribution in [1.29, 1.82) is 0 Å². The number of nitrogens with two attached hydrogens (primary N) is 1. The highest BCUT2D eigenvalue weighted by molar-refractivity contribution is 6.47. The summed E-state index contributed by atoms with van der Waals surface area (Å²) in [6.07, 6.45) is 17.7. The third-order valence-corrected chi connectivity index (χ3v) is 7.85. The average molecular weight is 533 g/mol. The predicted molar refractivity (Wildman–Crippen MR) is 160 cm³/mol. The number of benzene rings is 1. The Bertz CT molecular complexity index is 1090. The lowest BCUT2D eigenvalue weighted by molar-refractivity contribution is -0.110. The van der Waals surface area contributed by atoms with E-state index in [9.17, 15) is 9.59 Å². The summed E-state index contributed by atoms with van der Waals surface area (Å²) >= 11 is 0. The van der Waals surface area contributed by atoms with E-state index in [2.05, 4.69) is 51.8 Å². The monoisotopic (exact) mass is 532 g/mol. The fourth-order valence-electron chi connectivity index (χ4n) is 5.27. The van der Waals surface area contributed by atoms with Gasteiger partial charge in [-0.05, 0) is 81.8 Å². The SMILES string of the molecule is CC1CCN(CCCN(CC2C=CC(C(=O)Nc3ccccc3N)=NC2)C(=O)NCCC2C=CC=CC2)CC1. The van der Waals surface area contributed by atoms with Crippen molar-refractivity contribution in [1.82, 2.24) is 15.1 Å². The lowest BCUT2D eigenvalue weighted by Gasteiger charge is -2.32. The molecule has 1 saturated heterocycles. The first-order chi connectivity index (χ1) is 19.0. The maximum absolute atomic E-state index is 13.2. The molecule has 0 aromatic heterocycles. The molecule has 39 heavy (non-hydrogen) atoms. The first-order valence-corrected chi connectivity index (χ1v) is 14.4. The van der Waals surface area contributed by atoms with Gasteiger partial charge in [0.05, 0.1) is 11.4 Å². The normalized spacial score (nSPS) is 21.4. The van der Waals surface area contributed by atoms with E-state index in [0.29, 0.717) is 49.2 Å². The van der Waals surface area contributed by atoms with Crippen LogP contribution < -0.4 is 16.4 Å². The number of allylic oxidation sites excluding steroid dienone is 4. The first kappa shape index (κ1) is 28.6. The second kappa shape index (κ2) is 14.7. The van der Waals surface area contributed by atoms with Crippen LogP contribution in [0.15, 0.2) is 65.7 Å². The standard InChI is InChI=1S/C31H44N6O2/c1-24-15-20-36(21-16-24)18-7-19-37(31(39)33-17-14-25-8-3-2-4-9-25)23-26-12-13-29(34-22-26)30(38)35-28-11-6-5-10-27(28)32/h2-6,8,10-13,24-26H,7,9,14-23,32H2,1H3,(H,33,39)(H,35,38). The molecule has 0 spiro atoms. The minimum Gasteiger partial charge on any atom is -0.397 e. The average Bonchev–Trinajstić information content (AvgIpc) is 2.95. The van der Waals surface area contributed by atoms with Crippen molar-refractivity contribution in [2.75, 3.05) is 56.9 Å². The molecule has 4 rings (SSSR count). The van der Waals surface area contributed by atoms with Crippen molar-refractivity contribution in [2.24, 2.45) is 22.7 Å². The van der Waals surface area contributed by atoms with Gasteiger partial charge in [-0.2, -0.15) is 0 Å². The van der Waals surface area contributed by atoms with Crippen LogP contribution in [0.3, 0.4) is 0 Å². The van der Waals surface area contributed by atoms with Crippen molar-refractivity contribution in [3.05, 3.63) is 60.7 Å². The fraction of sp³-hybridized carbons (Fsp3) is 0.516. The molecule has 1 aromatic rings. The number of para-hydroxylation sites is 2. The van der Waals surface area contributed by atoms with E-state index in [4.69, 9.17) is 5.73 Å². The molecule has 1 aliphatic carbocycles. The zero-order valence-electron chi connectivity index (χ0n) is 23.2. The quantitative estimate of drug-likeness (QED) is 0.365. The van der Waals surface area contributed by atoms with Gasteiger partial charge < -0.3 is 26.2 Å². The third-order valence-electron chi connectivity index (χ3n) is 7.85. The molecule has 0 saturated carbocycles. The van der Waals surface area contributed by atoms with Gasteiger partial charge in [0.15, 0.2) is 0 Å². The van der Waals surface area contributed by atoms with Crippen molar-refractivity contribution < 1.29 is 9.59 Å². The number of carbonyl (C=O) groups is 2. The van der Waals surface area contributed by atoms with E-state index in [0.717, 1.165) is 44.8 Å². The van der Waals surface area contributed by atoms with Crippen LogP contribution in [0.25, 0.3) is 0 Å². The zero-order chi connectivity index (χ0) is 27.5. The van der Waals surface area contributed by atoms with Gasteiger partial charge in [-0.15, -0.1) is 0 Å². The van der Waals surface area contributed by atoms with E-state index >= 15 is 0 Å². The van der Waals surface area contributed by atoms with Crippen LogP contribution >= 0.6 is 0 Å². The molecule has 8 nitrogen and oxygen atoms in total. The molecule has 4 N–H and O–H groups in total. The lowest BCUT2D eigenvalue weighted by Crippen LogP contribution is -2.45. The summed E-state index contributed by atoms with van der Waals surface area (Å²) in [5, 5.41) is 5.98. The van der Waals surface area contributed by atoms with Gasteiger partial charge in [-0.25, -0.2) is 4.79 Å². The summed E-state index contributed by atoms with van der Waals surface area (Å²) in [4.78, 5) is 34.9. The second-order valence-electron chi connectivity index (χ2n) is 11.0. The maximum Gasteiger partial charge on any atom is 0.317 e. The Morgan fingerprint density at radius 2 is 1.95 bits per heavy atom. The lowest BCUT2D eigenvalue weighted by atomic mass is 9.97. The molecule has 1 fully saturated rings. The number of nitrogens with zero attached hydrogens (tertiary/aromatic N) is 3. The summed E-state index contributed by atoms with van der Waals surface area (Å²) in [6.45, 7) is 8.06. The second-order valence-corrected chi connectivity index (χ2v) is 11.0. The molecule has 2 aliphatic heterocycles. The maximum atomic E-state index is 13.2. The predicted octanol–water partition coefficient (Wildman–Crippen LogP) is 4.49. The summed E-state index contributed by atoms with van der Waals surface area (Å²) in [5.74, 6) is 1.08. The highest BCUT2D eigenvalue weighted by atomic mass is 16.2. The van der Waals surface area contributed by atoms with Crippen molar-refractivity contribution in [3.8, 4) is 0 Å². The number of hydrogen-bond acceptors (Lipinski definition) is 5. The van der Waals surface area contributed by atoms with Gasteiger partial charge in [0.2, 0.25) is 0 Å². The molecule has 3 aliphatic rings. The minimum atomic E-state index is -0.278. The molecule has 210 valence electrons. The molecule has 3 amide bonds. The van der Waals surface area contributed by atoms with E-state index in [1.165, 1.54) is 12.8 Å². The van der Waals surface area contributed by atoms with Gasteiger partial charge in [0, 0.05) is 32.1 Å². The van der Waals surface area contributed by atoms with Crippen molar-refractivity contribution in [2.45, 2.75) is 39.0 Å². The smallest absolute Gasteiger partial charge is 0.317 e. The Morgan fingerprint density at radius 3 is 2.67 bits per heavy atom. The van der Waals surface area contributed by atoms with E-state index in [-0.39, 0.29) is 17.9 Å². The fourth-order valence-corrected chi connectivity index (χ4v) is 5.27. The first-order valence-electron chi connectivity index (χ1n) is 14.4. The number of urea groups is 1. The topological polar surface area (TPSA) is 103 Å². The minimum absolute atomic E-state index is 0.0157. The van der Waals surface area contributed by atoms with Crippen molar-refractivity contribution in [3.63, 3.8) is 0 Å². The number of piperidine rings is 1. The molecule has 1 aromatic carbocycles.